The monoisotopic (exact) mass is 945 g/mol. The van der Waals surface area contributed by atoms with Crippen molar-refractivity contribution < 1.29 is 63.7 Å². The Morgan fingerprint density at radius 1 is 0.853 bits per heavy atom. The summed E-state index contributed by atoms with van der Waals surface area (Å²) in [4.78, 5) is 46.3. The highest BCUT2D eigenvalue weighted by atomic mass is 16.7. The van der Waals surface area contributed by atoms with Gasteiger partial charge in [-0.3, -0.25) is 14.4 Å². The van der Waals surface area contributed by atoms with Crippen molar-refractivity contribution >= 4 is 40.3 Å². The molecule has 0 aliphatic carbocycles. The number of phenolic OH excluding ortho intramolecular Hbond substituents is 3. The zero-order valence-corrected chi connectivity index (χ0v) is 41.8. The van der Waals surface area contributed by atoms with Gasteiger partial charge in [-0.25, -0.2) is 0 Å². The topological polar surface area (TPSA) is 223 Å². The first kappa shape index (κ1) is 54.7. The zero-order chi connectivity index (χ0) is 50.8. The number of phenols is 3. The number of nitrogens with zero attached hydrogens (tertiary/aromatic N) is 1. The predicted octanol–water partition coefficient (Wildman–Crippen LogP) is 9.52. The van der Waals surface area contributed by atoms with E-state index in [0.717, 1.165) is 37.5 Å². The molecule has 15 heteroatoms. The van der Waals surface area contributed by atoms with E-state index in [9.17, 15) is 39.9 Å². The quantitative estimate of drug-likeness (QED) is 0.0222. The minimum atomic E-state index is -2.08. The number of allylic oxidation sites excluding steroid dienone is 7. The molecule has 3 aliphatic rings. The van der Waals surface area contributed by atoms with E-state index in [1.54, 1.807) is 39.8 Å². The molecule has 0 fully saturated rings. The Hall–Kier alpha value is -5.90. The predicted molar refractivity (Wildman–Crippen MR) is 263 cm³/mol. The van der Waals surface area contributed by atoms with Crippen LogP contribution in [0.15, 0.2) is 76.2 Å². The summed E-state index contributed by atoms with van der Waals surface area (Å²) in [5.41, 5.74) is 3.04. The van der Waals surface area contributed by atoms with E-state index in [1.807, 2.05) is 13.0 Å². The molecule has 0 aromatic heterocycles. The van der Waals surface area contributed by atoms with Gasteiger partial charge >= 0.3 is 11.8 Å². The molecule has 0 radical (unpaired) electrons. The number of oxime groups is 1. The Morgan fingerprint density at radius 3 is 2.13 bits per heavy atom. The fourth-order valence-electron chi connectivity index (χ4n) is 8.52. The van der Waals surface area contributed by atoms with Gasteiger partial charge in [-0.2, -0.15) is 0 Å². The molecular weight excluding hydrogens is 873 g/mol. The number of nitrogens with one attached hydrogen (secondary N) is 1. The van der Waals surface area contributed by atoms with E-state index in [0.29, 0.717) is 0 Å². The van der Waals surface area contributed by atoms with Crippen molar-refractivity contribution in [3.05, 3.63) is 87.8 Å². The molecule has 2 aromatic carbocycles. The van der Waals surface area contributed by atoms with Gasteiger partial charge in [0.15, 0.2) is 5.75 Å². The van der Waals surface area contributed by atoms with Crippen LogP contribution in [0.25, 0.3) is 10.8 Å². The van der Waals surface area contributed by atoms with Crippen molar-refractivity contribution in [1.29, 1.82) is 0 Å². The first-order valence-electron chi connectivity index (χ1n) is 23.1. The van der Waals surface area contributed by atoms with Gasteiger partial charge in [0.25, 0.3) is 11.7 Å². The number of aliphatic hydroxyl groups is 2. The molecule has 0 saturated carbocycles. The maximum absolute atomic E-state index is 14.5. The lowest BCUT2D eigenvalue weighted by Gasteiger charge is -2.38. The number of aromatic hydroxyl groups is 3. The number of carbonyl (C=O) groups excluding carboxylic acids is 3. The number of anilines is 1. The third-order valence-electron chi connectivity index (χ3n) is 12.9. The number of hydrogen-bond donors (Lipinski definition) is 6. The van der Waals surface area contributed by atoms with E-state index in [-0.39, 0.29) is 51.1 Å². The maximum Gasteiger partial charge on any atom is 0.312 e. The highest BCUT2D eigenvalue weighted by Gasteiger charge is 2.50. The normalized spacial score (nSPS) is 27.7. The van der Waals surface area contributed by atoms with Crippen molar-refractivity contribution in [3.8, 4) is 23.0 Å². The molecule has 372 valence electrons. The molecule has 6 N–H and O–H groups in total. The molecule has 68 heavy (non-hydrogen) atoms. The number of ether oxygens (including phenoxy) is 4. The summed E-state index contributed by atoms with van der Waals surface area (Å²) in [6.07, 6.45) is 14.5. The van der Waals surface area contributed by atoms with E-state index in [2.05, 4.69) is 43.4 Å². The number of esters is 1. The van der Waals surface area contributed by atoms with Crippen molar-refractivity contribution in [1.82, 2.24) is 0 Å². The molecule has 2 aromatic rings. The molecule has 9 atom stereocenters. The average molecular weight is 945 g/mol. The number of amides is 1. The molecule has 1 amide bonds. The van der Waals surface area contributed by atoms with Crippen LogP contribution in [0.2, 0.25) is 0 Å². The number of carbonyl (C=O) groups is 3. The Kier molecular flexibility index (Phi) is 19.2. The molecule has 3 aliphatic heterocycles. The Balaban J connectivity index is 1.83. The number of hydrogen-bond acceptors (Lipinski definition) is 14. The van der Waals surface area contributed by atoms with Gasteiger partial charge in [0.1, 0.15) is 30.0 Å². The Labute approximate surface area is 400 Å². The van der Waals surface area contributed by atoms with Crippen LogP contribution in [0, 0.1) is 30.6 Å². The van der Waals surface area contributed by atoms with E-state index >= 15 is 0 Å². The Bertz CT molecular complexity index is 2410. The number of benzene rings is 2. The van der Waals surface area contributed by atoms with Crippen molar-refractivity contribution in [2.24, 2.45) is 28.8 Å². The highest BCUT2D eigenvalue weighted by Crippen LogP contribution is 2.55. The third-order valence-corrected chi connectivity index (χ3v) is 12.9. The standard InChI is InChI=1S/C53H72N2O13/c1-28(2)17-14-18-29(3)19-15-20-30(4)23-26-66-54-27-38-43-48(61)41-40(47(38)60)42-50(36(10)46(41)59)68-53(12,51(42)62)65-25-24-39(64-13)33(7)49(67-37(11)56)35(9)45(58)34(8)44(57)31(5)21-16-22-32(6)52(63)55-43/h16-17,19,21-25,27,31,33-35,39,44-45,49,57-61H,14-15,18,20,26H2,1-13H3,(H,55,63)/b21-16-,25-24?,29-19+,30-23+,32-22-,54-27+/t31-,33+,34+,35+,39-,44-,45+,49+,53-/m0/s1. The fraction of sp³-hybridized carbons (Fsp3) is 0.509. The van der Waals surface area contributed by atoms with Crippen LogP contribution in [-0.2, 0) is 28.6 Å². The van der Waals surface area contributed by atoms with Gasteiger partial charge in [0.2, 0.25) is 0 Å². The summed E-state index contributed by atoms with van der Waals surface area (Å²) in [5.74, 6) is -8.72. The largest absolute Gasteiger partial charge is 0.507 e. The lowest BCUT2D eigenvalue weighted by atomic mass is 9.78. The van der Waals surface area contributed by atoms with Gasteiger partial charge in [-0.15, -0.1) is 0 Å². The smallest absolute Gasteiger partial charge is 0.312 e. The lowest BCUT2D eigenvalue weighted by Crippen LogP contribution is -2.46. The van der Waals surface area contributed by atoms with Crippen LogP contribution in [0.5, 0.6) is 23.0 Å². The van der Waals surface area contributed by atoms with Crippen LogP contribution >= 0.6 is 0 Å². The van der Waals surface area contributed by atoms with Crippen LogP contribution in [0.4, 0.5) is 5.69 Å². The molecule has 5 rings (SSSR count). The van der Waals surface area contributed by atoms with Crippen LogP contribution in [-0.4, -0.2) is 93.3 Å². The minimum Gasteiger partial charge on any atom is -0.507 e. The number of rotatable bonds is 12. The van der Waals surface area contributed by atoms with Gasteiger partial charge < -0.3 is 54.6 Å². The second kappa shape index (κ2) is 23.9. The number of Topliss-reactive ketones (excluding diaryl/α,β-unsaturated/α-hetero) is 1. The maximum atomic E-state index is 14.5. The number of fused-ring (bicyclic) bond motifs is 14. The average Bonchev–Trinajstić information content (AvgIpc) is 3.55. The number of ketones is 1. The second-order valence-electron chi connectivity index (χ2n) is 18.6. The number of methoxy groups -OCH3 is 1. The molecule has 15 nitrogen and oxygen atoms in total. The summed E-state index contributed by atoms with van der Waals surface area (Å²) < 4.78 is 23.7. The SMILES string of the molecule is CO[C@H]1C=CO[C@@]2(C)Oc3c(C)c(O)c4c(O)c(c(/C=N/OC/C=C(\C)CC/C=C(\C)CCC=C(C)C)c(O)c4c3C2=O)NC(=O)/C(C)=C\C=C/[C@H](C)[C@H](O)[C@@H](C)[C@@H](O)[C@@H](C)[C@H](OC(C)=O)[C@@H]1C. The molecular formula is C53H72N2O13. The third kappa shape index (κ3) is 12.8. The minimum absolute atomic E-state index is 0.0304. The summed E-state index contributed by atoms with van der Waals surface area (Å²) in [5, 5.41) is 64.7. The van der Waals surface area contributed by atoms with Gasteiger partial charge in [-0.05, 0) is 79.4 Å². The van der Waals surface area contributed by atoms with E-state index < -0.39 is 88.8 Å². The summed E-state index contributed by atoms with van der Waals surface area (Å²) in [6, 6.07) is 0. The highest BCUT2D eigenvalue weighted by molar-refractivity contribution is 6.23. The molecule has 0 saturated heterocycles. The summed E-state index contributed by atoms with van der Waals surface area (Å²) in [7, 11) is 1.43. The van der Waals surface area contributed by atoms with Crippen molar-refractivity contribution in [2.45, 2.75) is 139 Å². The molecule has 0 spiro atoms. The Morgan fingerprint density at radius 2 is 1.50 bits per heavy atom. The fourth-order valence-corrected chi connectivity index (χ4v) is 8.52. The summed E-state index contributed by atoms with van der Waals surface area (Å²) in [6.45, 7) is 20.8. The lowest BCUT2D eigenvalue weighted by molar-refractivity contribution is -0.160. The molecule has 5 bridgehead atoms. The summed E-state index contributed by atoms with van der Waals surface area (Å²) >= 11 is 0. The zero-order valence-electron chi connectivity index (χ0n) is 41.8. The van der Waals surface area contributed by atoms with Crippen molar-refractivity contribution in [2.75, 3.05) is 19.0 Å². The van der Waals surface area contributed by atoms with Crippen LogP contribution in [0.3, 0.4) is 0 Å². The molecule has 0 unspecified atom stereocenters. The first-order chi connectivity index (χ1) is 32.0. The molecule has 3 heterocycles. The second-order valence-corrected chi connectivity index (χ2v) is 18.6. The van der Waals surface area contributed by atoms with Crippen LogP contribution < -0.4 is 10.1 Å². The van der Waals surface area contributed by atoms with Gasteiger partial charge in [0.05, 0.1) is 53.0 Å². The van der Waals surface area contributed by atoms with E-state index in [1.165, 1.54) is 64.4 Å². The van der Waals surface area contributed by atoms with E-state index in [4.69, 9.17) is 23.8 Å². The first-order valence-corrected chi connectivity index (χ1v) is 23.1. The van der Waals surface area contributed by atoms with Gasteiger partial charge in [0, 0.05) is 61.2 Å². The van der Waals surface area contributed by atoms with Crippen LogP contribution in [0.1, 0.15) is 123 Å². The van der Waals surface area contributed by atoms with Gasteiger partial charge in [-0.1, -0.05) is 80.0 Å². The van der Waals surface area contributed by atoms with Crippen molar-refractivity contribution in [3.63, 3.8) is 0 Å². The number of aliphatic hydroxyl groups excluding tert-OH is 2.